The normalized spacial score (nSPS) is 11.6. The molecule has 0 aliphatic heterocycles. The van der Waals surface area contributed by atoms with Gasteiger partial charge >= 0.3 is 5.97 Å². The quantitative estimate of drug-likeness (QED) is 0.445. The zero-order valence-electron chi connectivity index (χ0n) is 15.2. The highest BCUT2D eigenvalue weighted by Crippen LogP contribution is 2.22. The van der Waals surface area contributed by atoms with Gasteiger partial charge in [0.05, 0.1) is 12.0 Å². The van der Waals surface area contributed by atoms with Crippen molar-refractivity contribution in [2.24, 2.45) is 5.92 Å². The van der Waals surface area contributed by atoms with Gasteiger partial charge in [0, 0.05) is 18.2 Å². The van der Waals surface area contributed by atoms with Gasteiger partial charge < -0.3 is 13.6 Å². The Morgan fingerprint density at radius 3 is 2.93 bits per heavy atom. The first kappa shape index (κ1) is 18.9. The van der Waals surface area contributed by atoms with Gasteiger partial charge in [0.1, 0.15) is 5.15 Å². The Kier molecular flexibility index (Phi) is 5.75. The van der Waals surface area contributed by atoms with E-state index in [0.717, 1.165) is 5.69 Å². The lowest BCUT2D eigenvalue weighted by atomic mass is 10.2. The average molecular weight is 391 g/mol. The molecule has 0 fully saturated rings. The molecule has 0 spiro atoms. The third-order valence-corrected chi connectivity index (χ3v) is 3.97. The van der Waals surface area contributed by atoms with Crippen molar-refractivity contribution in [3.63, 3.8) is 0 Å². The minimum Gasteiger partial charge on any atom is -0.459 e. The van der Waals surface area contributed by atoms with E-state index in [4.69, 9.17) is 25.2 Å². The summed E-state index contributed by atoms with van der Waals surface area (Å²) in [5.41, 5.74) is 1.43. The maximum atomic E-state index is 11.9. The molecular formula is C18H19ClN4O4. The van der Waals surface area contributed by atoms with Gasteiger partial charge in [-0.05, 0) is 31.1 Å². The Morgan fingerprint density at radius 1 is 1.41 bits per heavy atom. The summed E-state index contributed by atoms with van der Waals surface area (Å²) in [6.07, 6.45) is 4.38. The molecule has 0 unspecified atom stereocenters. The molecule has 0 aliphatic rings. The molecule has 0 saturated carbocycles. The summed E-state index contributed by atoms with van der Waals surface area (Å²) in [5.74, 6) is 0.691. The molecule has 0 aliphatic carbocycles. The molecular weight excluding hydrogens is 372 g/mol. The van der Waals surface area contributed by atoms with Gasteiger partial charge in [-0.1, -0.05) is 25.4 Å². The number of nitrogens with zero attached hydrogens (tertiary/aromatic N) is 4. The maximum absolute atomic E-state index is 11.9. The second kappa shape index (κ2) is 8.22. The highest BCUT2D eigenvalue weighted by atomic mass is 35.5. The predicted octanol–water partition coefficient (Wildman–Crippen LogP) is 3.90. The van der Waals surface area contributed by atoms with Crippen LogP contribution in [0.5, 0.6) is 0 Å². The van der Waals surface area contributed by atoms with Gasteiger partial charge in [0.15, 0.2) is 12.4 Å². The second-order valence-electron chi connectivity index (χ2n) is 6.29. The van der Waals surface area contributed by atoms with Gasteiger partial charge in [-0.3, -0.25) is 4.68 Å². The lowest BCUT2D eigenvalue weighted by Gasteiger charge is -2.05. The number of ether oxygens (including phenoxy) is 1. The summed E-state index contributed by atoms with van der Waals surface area (Å²) in [5, 5.41) is 12.5. The molecule has 0 N–H and O–H groups in total. The number of aryl methyl sites for hydroxylation is 1. The van der Waals surface area contributed by atoms with Crippen molar-refractivity contribution in [3.05, 3.63) is 46.8 Å². The summed E-state index contributed by atoms with van der Waals surface area (Å²) < 4.78 is 17.4. The van der Waals surface area contributed by atoms with Crippen LogP contribution in [0.1, 0.15) is 31.0 Å². The molecule has 0 amide bonds. The molecule has 3 aromatic heterocycles. The fourth-order valence-corrected chi connectivity index (χ4v) is 2.67. The lowest BCUT2D eigenvalue weighted by Crippen LogP contribution is -2.06. The number of carbonyl (C=O) groups excluding carboxylic acids is 1. The summed E-state index contributed by atoms with van der Waals surface area (Å²) in [6.45, 7) is 6.55. The van der Waals surface area contributed by atoms with E-state index in [9.17, 15) is 4.79 Å². The minimum atomic E-state index is -0.556. The van der Waals surface area contributed by atoms with E-state index in [1.165, 1.54) is 12.3 Å². The van der Waals surface area contributed by atoms with Crippen LogP contribution in [0.25, 0.3) is 17.7 Å². The van der Waals surface area contributed by atoms with Gasteiger partial charge in [-0.25, -0.2) is 4.79 Å². The lowest BCUT2D eigenvalue weighted by molar-refractivity contribution is -0.139. The van der Waals surface area contributed by atoms with E-state index in [2.05, 4.69) is 29.1 Å². The number of halogens is 1. The van der Waals surface area contributed by atoms with Crippen molar-refractivity contribution in [2.75, 3.05) is 0 Å². The number of esters is 1. The summed E-state index contributed by atoms with van der Waals surface area (Å²) in [6, 6.07) is 3.40. The number of hydrogen-bond acceptors (Lipinski definition) is 7. The van der Waals surface area contributed by atoms with Crippen LogP contribution in [0.4, 0.5) is 0 Å². The van der Waals surface area contributed by atoms with Crippen molar-refractivity contribution in [1.82, 2.24) is 20.0 Å². The molecule has 0 saturated heterocycles. The van der Waals surface area contributed by atoms with Crippen molar-refractivity contribution < 1.29 is 18.4 Å². The SMILES string of the molecule is Cc1nn(CC(C)C)c(Cl)c1/C=C/C(=O)OCc1nnc(-c2ccco2)o1. The molecule has 142 valence electrons. The van der Waals surface area contributed by atoms with E-state index < -0.39 is 5.97 Å². The molecule has 0 atom stereocenters. The van der Waals surface area contributed by atoms with E-state index in [1.807, 2.05) is 6.92 Å². The van der Waals surface area contributed by atoms with Crippen LogP contribution in [0, 0.1) is 12.8 Å². The van der Waals surface area contributed by atoms with E-state index >= 15 is 0 Å². The predicted molar refractivity (Wildman–Crippen MR) is 97.6 cm³/mol. The Balaban J connectivity index is 1.59. The fourth-order valence-electron chi connectivity index (χ4n) is 2.37. The smallest absolute Gasteiger partial charge is 0.331 e. The Morgan fingerprint density at radius 2 is 2.22 bits per heavy atom. The van der Waals surface area contributed by atoms with Gasteiger partial charge in [-0.15, -0.1) is 10.2 Å². The number of hydrogen-bond donors (Lipinski definition) is 0. The van der Waals surface area contributed by atoms with Crippen LogP contribution >= 0.6 is 11.6 Å². The number of rotatable bonds is 7. The van der Waals surface area contributed by atoms with E-state index in [0.29, 0.717) is 28.9 Å². The second-order valence-corrected chi connectivity index (χ2v) is 6.64. The summed E-state index contributed by atoms with van der Waals surface area (Å²) in [7, 11) is 0. The molecule has 9 heteroatoms. The maximum Gasteiger partial charge on any atom is 0.331 e. The van der Waals surface area contributed by atoms with Crippen LogP contribution in [-0.4, -0.2) is 25.9 Å². The number of furan rings is 1. The summed E-state index contributed by atoms with van der Waals surface area (Å²) >= 11 is 6.34. The minimum absolute atomic E-state index is 0.143. The molecule has 0 aromatic carbocycles. The molecule has 0 bridgehead atoms. The van der Waals surface area contributed by atoms with Crippen LogP contribution in [0.2, 0.25) is 5.15 Å². The van der Waals surface area contributed by atoms with Crippen LogP contribution in [0.3, 0.4) is 0 Å². The standard InChI is InChI=1S/C18H19ClN4O4/c1-11(2)9-23-17(19)13(12(3)22-23)6-7-16(24)26-10-15-20-21-18(27-15)14-5-4-8-25-14/h4-8,11H,9-10H2,1-3H3/b7-6+. The molecule has 0 radical (unpaired) electrons. The first-order chi connectivity index (χ1) is 12.9. The zero-order chi connectivity index (χ0) is 19.4. The molecule has 3 rings (SSSR count). The monoisotopic (exact) mass is 390 g/mol. The van der Waals surface area contributed by atoms with E-state index in [-0.39, 0.29) is 18.4 Å². The fraction of sp³-hybridized carbons (Fsp3) is 0.333. The first-order valence-electron chi connectivity index (χ1n) is 8.38. The van der Waals surface area contributed by atoms with Crippen LogP contribution < -0.4 is 0 Å². The average Bonchev–Trinajstić information content (AvgIpc) is 3.34. The topological polar surface area (TPSA) is 96.2 Å². The Hall–Kier alpha value is -2.87. The molecule has 8 nitrogen and oxygen atoms in total. The first-order valence-corrected chi connectivity index (χ1v) is 8.76. The third-order valence-electron chi connectivity index (χ3n) is 3.57. The summed E-state index contributed by atoms with van der Waals surface area (Å²) in [4.78, 5) is 11.9. The van der Waals surface area contributed by atoms with Gasteiger partial charge in [0.2, 0.25) is 0 Å². The van der Waals surface area contributed by atoms with Crippen molar-refractivity contribution in [1.29, 1.82) is 0 Å². The van der Waals surface area contributed by atoms with Crippen molar-refractivity contribution in [3.8, 4) is 11.7 Å². The molecule has 27 heavy (non-hydrogen) atoms. The molecule has 3 heterocycles. The zero-order valence-corrected chi connectivity index (χ0v) is 15.9. The van der Waals surface area contributed by atoms with Gasteiger partial charge in [0.25, 0.3) is 11.8 Å². The van der Waals surface area contributed by atoms with E-state index in [1.54, 1.807) is 22.9 Å². The Labute approximate surface area is 160 Å². The van der Waals surface area contributed by atoms with Crippen molar-refractivity contribution in [2.45, 2.75) is 33.9 Å². The largest absolute Gasteiger partial charge is 0.459 e. The van der Waals surface area contributed by atoms with Crippen LogP contribution in [-0.2, 0) is 22.7 Å². The van der Waals surface area contributed by atoms with Crippen LogP contribution in [0.15, 0.2) is 33.3 Å². The highest BCUT2D eigenvalue weighted by molar-refractivity contribution is 6.31. The molecule has 3 aromatic rings. The number of aromatic nitrogens is 4. The third kappa shape index (κ3) is 4.65. The van der Waals surface area contributed by atoms with Crippen molar-refractivity contribution >= 4 is 23.6 Å². The highest BCUT2D eigenvalue weighted by Gasteiger charge is 2.14. The number of carbonyl (C=O) groups is 1. The Bertz CT molecular complexity index is 941. The van der Waals surface area contributed by atoms with Gasteiger partial charge in [-0.2, -0.15) is 5.10 Å².